The first-order valence-corrected chi connectivity index (χ1v) is 7.04. The lowest BCUT2D eigenvalue weighted by molar-refractivity contribution is 0.537. The average Bonchev–Trinajstić information content (AvgIpc) is 2.31. The fourth-order valence-corrected chi connectivity index (χ4v) is 2.55. The molecular formula is C14H22BrN. The highest BCUT2D eigenvalue weighted by Crippen LogP contribution is 2.28. The largest absolute Gasteiger partial charge is 0.316 e. The zero-order valence-corrected chi connectivity index (χ0v) is 11.9. The Morgan fingerprint density at radius 1 is 1.25 bits per heavy atom. The lowest BCUT2D eigenvalue weighted by Gasteiger charge is -2.18. The van der Waals surface area contributed by atoms with Crippen molar-refractivity contribution in [2.75, 3.05) is 13.1 Å². The van der Waals surface area contributed by atoms with E-state index >= 15 is 0 Å². The van der Waals surface area contributed by atoms with Gasteiger partial charge in [-0.1, -0.05) is 60.8 Å². The van der Waals surface area contributed by atoms with Crippen molar-refractivity contribution >= 4 is 15.9 Å². The molecule has 1 nitrogen and oxygen atoms in total. The fourth-order valence-electron chi connectivity index (χ4n) is 1.94. The topological polar surface area (TPSA) is 12.0 Å². The Morgan fingerprint density at radius 3 is 2.62 bits per heavy atom. The van der Waals surface area contributed by atoms with Crippen LogP contribution in [0.3, 0.4) is 0 Å². The second kappa shape index (κ2) is 7.86. The van der Waals surface area contributed by atoms with E-state index in [1.807, 2.05) is 0 Å². The van der Waals surface area contributed by atoms with Crippen LogP contribution in [0.1, 0.15) is 44.6 Å². The van der Waals surface area contributed by atoms with Crippen molar-refractivity contribution in [1.82, 2.24) is 5.32 Å². The molecule has 0 spiro atoms. The van der Waals surface area contributed by atoms with Crippen molar-refractivity contribution < 1.29 is 0 Å². The minimum absolute atomic E-state index is 0.635. The van der Waals surface area contributed by atoms with Gasteiger partial charge in [0.1, 0.15) is 0 Å². The molecule has 0 fully saturated rings. The van der Waals surface area contributed by atoms with E-state index in [1.54, 1.807) is 0 Å². The number of unbranched alkanes of at least 4 members (excludes halogenated alkanes) is 1. The minimum atomic E-state index is 0.635. The van der Waals surface area contributed by atoms with Crippen LogP contribution in [0.2, 0.25) is 0 Å². The number of hydrogen-bond donors (Lipinski definition) is 1. The van der Waals surface area contributed by atoms with E-state index in [0.717, 1.165) is 13.1 Å². The molecule has 1 atom stereocenters. The maximum absolute atomic E-state index is 3.65. The van der Waals surface area contributed by atoms with E-state index in [-0.39, 0.29) is 0 Å². The average molecular weight is 284 g/mol. The molecule has 0 heterocycles. The Kier molecular flexibility index (Phi) is 6.74. The molecule has 0 aromatic heterocycles. The Bertz CT molecular complexity index is 291. The van der Waals surface area contributed by atoms with Crippen molar-refractivity contribution in [3.63, 3.8) is 0 Å². The monoisotopic (exact) mass is 283 g/mol. The molecular weight excluding hydrogens is 262 g/mol. The molecule has 0 aliphatic rings. The highest BCUT2D eigenvalue weighted by molar-refractivity contribution is 9.10. The first kappa shape index (κ1) is 13.7. The summed E-state index contributed by atoms with van der Waals surface area (Å²) in [5, 5.41) is 3.46. The number of rotatable bonds is 7. The number of hydrogen-bond acceptors (Lipinski definition) is 1. The first-order chi connectivity index (χ1) is 7.79. The van der Waals surface area contributed by atoms with Crippen molar-refractivity contribution in [1.29, 1.82) is 0 Å². The van der Waals surface area contributed by atoms with E-state index in [0.29, 0.717) is 5.92 Å². The Labute approximate surface area is 108 Å². The SMILES string of the molecule is CCCCC(CNCC)c1ccccc1Br. The van der Waals surface area contributed by atoms with Gasteiger partial charge in [0.25, 0.3) is 0 Å². The molecule has 90 valence electrons. The molecule has 2 heteroatoms. The first-order valence-electron chi connectivity index (χ1n) is 6.24. The predicted octanol–water partition coefficient (Wildman–Crippen LogP) is 4.33. The van der Waals surface area contributed by atoms with Crippen LogP contribution in [0, 0.1) is 0 Å². The van der Waals surface area contributed by atoms with Crippen molar-refractivity contribution in [2.24, 2.45) is 0 Å². The molecule has 0 aliphatic heterocycles. The third kappa shape index (κ3) is 4.26. The molecule has 1 aromatic carbocycles. The van der Waals surface area contributed by atoms with E-state index < -0.39 is 0 Å². The number of benzene rings is 1. The third-order valence-corrected chi connectivity index (χ3v) is 3.61. The molecule has 0 bridgehead atoms. The number of halogens is 1. The summed E-state index contributed by atoms with van der Waals surface area (Å²) in [6.45, 7) is 6.55. The van der Waals surface area contributed by atoms with Gasteiger partial charge in [-0.05, 0) is 30.5 Å². The summed E-state index contributed by atoms with van der Waals surface area (Å²) < 4.78 is 1.24. The third-order valence-electron chi connectivity index (χ3n) is 2.89. The van der Waals surface area contributed by atoms with E-state index in [1.165, 1.54) is 29.3 Å². The van der Waals surface area contributed by atoms with Crippen molar-refractivity contribution in [3.05, 3.63) is 34.3 Å². The van der Waals surface area contributed by atoms with Gasteiger partial charge in [0.2, 0.25) is 0 Å². The van der Waals surface area contributed by atoms with Crippen LogP contribution >= 0.6 is 15.9 Å². The van der Waals surface area contributed by atoms with Crippen LogP contribution in [-0.2, 0) is 0 Å². The summed E-state index contributed by atoms with van der Waals surface area (Å²) in [5.74, 6) is 0.635. The standard InChI is InChI=1S/C14H22BrN/c1-3-5-8-12(11-16-4-2)13-9-6-7-10-14(13)15/h6-7,9-10,12,16H,3-5,8,11H2,1-2H3. The Hall–Kier alpha value is -0.340. The molecule has 0 aliphatic carbocycles. The number of nitrogens with one attached hydrogen (secondary N) is 1. The van der Waals surface area contributed by atoms with Gasteiger partial charge in [-0.2, -0.15) is 0 Å². The lowest BCUT2D eigenvalue weighted by Crippen LogP contribution is -2.21. The summed E-state index contributed by atoms with van der Waals surface area (Å²) in [6.07, 6.45) is 3.84. The zero-order valence-electron chi connectivity index (χ0n) is 10.3. The van der Waals surface area contributed by atoms with Crippen LogP contribution in [0.15, 0.2) is 28.7 Å². The number of likely N-dealkylation sites (N-methyl/N-ethyl adjacent to an activating group) is 1. The van der Waals surface area contributed by atoms with Gasteiger partial charge in [0.05, 0.1) is 0 Å². The summed E-state index contributed by atoms with van der Waals surface area (Å²) in [6, 6.07) is 8.59. The minimum Gasteiger partial charge on any atom is -0.316 e. The highest BCUT2D eigenvalue weighted by Gasteiger charge is 2.12. The quantitative estimate of drug-likeness (QED) is 0.785. The fraction of sp³-hybridized carbons (Fsp3) is 0.571. The molecule has 0 radical (unpaired) electrons. The van der Waals surface area contributed by atoms with E-state index in [9.17, 15) is 0 Å². The summed E-state index contributed by atoms with van der Waals surface area (Å²) in [4.78, 5) is 0. The van der Waals surface area contributed by atoms with E-state index in [2.05, 4.69) is 59.4 Å². The Morgan fingerprint density at radius 2 is 2.00 bits per heavy atom. The van der Waals surface area contributed by atoms with Crippen LogP contribution in [0.4, 0.5) is 0 Å². The molecule has 0 saturated heterocycles. The molecule has 0 saturated carbocycles. The molecule has 16 heavy (non-hydrogen) atoms. The maximum Gasteiger partial charge on any atom is 0.0210 e. The van der Waals surface area contributed by atoms with Gasteiger partial charge in [0.15, 0.2) is 0 Å². The van der Waals surface area contributed by atoms with Crippen LogP contribution < -0.4 is 5.32 Å². The lowest BCUT2D eigenvalue weighted by atomic mass is 9.93. The smallest absolute Gasteiger partial charge is 0.0210 e. The van der Waals surface area contributed by atoms with Gasteiger partial charge in [-0.25, -0.2) is 0 Å². The van der Waals surface area contributed by atoms with Crippen molar-refractivity contribution in [3.8, 4) is 0 Å². The van der Waals surface area contributed by atoms with Gasteiger partial charge < -0.3 is 5.32 Å². The maximum atomic E-state index is 3.65. The molecule has 1 rings (SSSR count). The van der Waals surface area contributed by atoms with Gasteiger partial charge >= 0.3 is 0 Å². The van der Waals surface area contributed by atoms with Crippen LogP contribution in [-0.4, -0.2) is 13.1 Å². The van der Waals surface area contributed by atoms with Crippen LogP contribution in [0.25, 0.3) is 0 Å². The predicted molar refractivity (Wildman–Crippen MR) is 75.0 cm³/mol. The second-order valence-electron chi connectivity index (χ2n) is 4.17. The zero-order chi connectivity index (χ0) is 11.8. The van der Waals surface area contributed by atoms with Crippen molar-refractivity contribution in [2.45, 2.75) is 39.0 Å². The summed E-state index contributed by atoms with van der Waals surface area (Å²) in [5.41, 5.74) is 1.44. The molecule has 0 amide bonds. The molecule has 1 unspecified atom stereocenters. The normalized spacial score (nSPS) is 12.7. The molecule has 1 N–H and O–H groups in total. The van der Waals surface area contributed by atoms with Gasteiger partial charge in [0, 0.05) is 11.0 Å². The van der Waals surface area contributed by atoms with Gasteiger partial charge in [-0.15, -0.1) is 0 Å². The van der Waals surface area contributed by atoms with Crippen LogP contribution in [0.5, 0.6) is 0 Å². The van der Waals surface area contributed by atoms with Gasteiger partial charge in [-0.3, -0.25) is 0 Å². The summed E-state index contributed by atoms with van der Waals surface area (Å²) >= 11 is 3.65. The second-order valence-corrected chi connectivity index (χ2v) is 5.02. The Balaban J connectivity index is 2.70. The summed E-state index contributed by atoms with van der Waals surface area (Å²) in [7, 11) is 0. The molecule has 1 aromatic rings. The highest BCUT2D eigenvalue weighted by atomic mass is 79.9. The van der Waals surface area contributed by atoms with E-state index in [4.69, 9.17) is 0 Å².